The predicted octanol–water partition coefficient (Wildman–Crippen LogP) is 5.28. The van der Waals surface area contributed by atoms with Gasteiger partial charge in [-0.05, 0) is 49.2 Å². The van der Waals surface area contributed by atoms with Crippen LogP contribution in [0.1, 0.15) is 27.4 Å². The van der Waals surface area contributed by atoms with E-state index in [1.165, 1.54) is 12.1 Å². The fourth-order valence-electron chi connectivity index (χ4n) is 2.61. The van der Waals surface area contributed by atoms with Gasteiger partial charge in [-0.1, -0.05) is 6.07 Å². The number of nitrogens with one attached hydrogen (secondary N) is 1. The summed E-state index contributed by atoms with van der Waals surface area (Å²) in [6, 6.07) is 8.38. The van der Waals surface area contributed by atoms with Crippen molar-refractivity contribution in [1.29, 1.82) is 0 Å². The Kier molecular flexibility index (Phi) is 5.39. The van der Waals surface area contributed by atoms with Crippen LogP contribution in [0.5, 0.6) is 5.75 Å². The van der Waals surface area contributed by atoms with Gasteiger partial charge in [-0.25, -0.2) is 17.6 Å². The third kappa shape index (κ3) is 4.16. The highest BCUT2D eigenvalue weighted by molar-refractivity contribution is 6.02. The second kappa shape index (κ2) is 7.75. The second-order valence-electron chi connectivity index (χ2n) is 6.18. The lowest BCUT2D eigenvalue weighted by Crippen LogP contribution is -2.15. The van der Waals surface area contributed by atoms with E-state index < -0.39 is 34.9 Å². The largest absolute Gasteiger partial charge is 0.486 e. The first-order valence-corrected chi connectivity index (χ1v) is 8.18. The molecule has 1 N–H and O–H groups in total. The number of hydrogen-bond acceptors (Lipinski definition) is 3. The van der Waals surface area contributed by atoms with Gasteiger partial charge in [-0.15, -0.1) is 0 Å². The average molecular weight is 393 g/mol. The van der Waals surface area contributed by atoms with Gasteiger partial charge in [-0.2, -0.15) is 0 Å². The molecule has 0 aliphatic heterocycles. The molecule has 3 rings (SSSR count). The average Bonchev–Trinajstić information content (AvgIpc) is 3.10. The maximum absolute atomic E-state index is 13.7. The lowest BCUT2D eigenvalue weighted by molar-refractivity contribution is 0.0991. The Bertz CT molecular complexity index is 1000. The van der Waals surface area contributed by atoms with E-state index in [1.807, 2.05) is 32.0 Å². The molecule has 0 bridgehead atoms. The lowest BCUT2D eigenvalue weighted by atomic mass is 10.1. The van der Waals surface area contributed by atoms with Crippen LogP contribution in [0.15, 0.2) is 40.8 Å². The molecule has 0 spiro atoms. The van der Waals surface area contributed by atoms with Gasteiger partial charge in [0.15, 0.2) is 29.0 Å². The Morgan fingerprint density at radius 1 is 0.964 bits per heavy atom. The molecular weight excluding hydrogens is 378 g/mol. The fraction of sp³-hybridized carbons (Fsp3) is 0.150. The number of ether oxygens (including phenoxy) is 1. The summed E-state index contributed by atoms with van der Waals surface area (Å²) in [7, 11) is 0. The molecule has 0 unspecified atom stereocenters. The van der Waals surface area contributed by atoms with Gasteiger partial charge in [-0.3, -0.25) is 4.79 Å². The van der Waals surface area contributed by atoms with E-state index in [0.29, 0.717) is 5.75 Å². The van der Waals surface area contributed by atoms with Crippen LogP contribution in [-0.2, 0) is 6.61 Å². The topological polar surface area (TPSA) is 51.5 Å². The van der Waals surface area contributed by atoms with Crippen molar-refractivity contribution in [2.45, 2.75) is 20.5 Å². The minimum atomic E-state index is -1.71. The van der Waals surface area contributed by atoms with Crippen LogP contribution in [-0.4, -0.2) is 5.91 Å². The van der Waals surface area contributed by atoms with Gasteiger partial charge >= 0.3 is 0 Å². The molecule has 4 nitrogen and oxygen atoms in total. The number of furan rings is 1. The maximum Gasteiger partial charge on any atom is 0.291 e. The van der Waals surface area contributed by atoms with Crippen molar-refractivity contribution < 1.29 is 31.5 Å². The third-order valence-electron chi connectivity index (χ3n) is 3.81. The Labute approximate surface area is 157 Å². The SMILES string of the molecule is Cc1cc(C)cc(OCc2ccc(C(=O)Nc3c(F)c(F)cc(F)c3F)o2)c1. The van der Waals surface area contributed by atoms with Crippen molar-refractivity contribution in [1.82, 2.24) is 0 Å². The molecule has 0 aliphatic rings. The second-order valence-corrected chi connectivity index (χ2v) is 6.18. The lowest BCUT2D eigenvalue weighted by Gasteiger charge is -2.08. The standard InChI is InChI=1S/C20H15F4NO3/c1-10-5-11(2)7-13(6-10)27-9-12-3-4-16(28-12)20(26)25-19-17(23)14(21)8-15(22)18(19)24/h3-8H,9H2,1-2H3,(H,25,26). The summed E-state index contributed by atoms with van der Waals surface area (Å²) in [5.74, 6) is -7.17. The summed E-state index contributed by atoms with van der Waals surface area (Å²) in [5.41, 5.74) is 0.800. The van der Waals surface area contributed by atoms with E-state index in [4.69, 9.17) is 9.15 Å². The molecule has 0 atom stereocenters. The molecule has 0 saturated heterocycles. The number of halogens is 4. The van der Waals surface area contributed by atoms with Crippen LogP contribution in [0.3, 0.4) is 0 Å². The van der Waals surface area contributed by atoms with E-state index >= 15 is 0 Å². The highest BCUT2D eigenvalue weighted by Gasteiger charge is 2.22. The Balaban J connectivity index is 1.71. The summed E-state index contributed by atoms with van der Waals surface area (Å²) in [5, 5.41) is 1.77. The molecule has 0 saturated carbocycles. The Hall–Kier alpha value is -3.29. The number of carbonyl (C=O) groups excluding carboxylic acids is 1. The molecule has 0 radical (unpaired) electrons. The van der Waals surface area contributed by atoms with Crippen molar-refractivity contribution in [3.05, 3.63) is 82.3 Å². The Morgan fingerprint density at radius 2 is 1.57 bits per heavy atom. The first-order valence-electron chi connectivity index (χ1n) is 8.18. The molecule has 28 heavy (non-hydrogen) atoms. The molecule has 1 heterocycles. The van der Waals surface area contributed by atoms with Crippen molar-refractivity contribution >= 4 is 11.6 Å². The smallest absolute Gasteiger partial charge is 0.291 e. The minimum absolute atomic E-state index is 0.00743. The predicted molar refractivity (Wildman–Crippen MR) is 93.2 cm³/mol. The molecular formula is C20H15F4NO3. The quantitative estimate of drug-likeness (QED) is 0.474. The first-order chi connectivity index (χ1) is 13.2. The van der Waals surface area contributed by atoms with Gasteiger partial charge in [0.1, 0.15) is 23.8 Å². The van der Waals surface area contributed by atoms with Gasteiger partial charge in [0, 0.05) is 6.07 Å². The summed E-state index contributed by atoms with van der Waals surface area (Å²) < 4.78 is 64.6. The van der Waals surface area contributed by atoms with Gasteiger partial charge in [0.2, 0.25) is 0 Å². The van der Waals surface area contributed by atoms with E-state index in [-0.39, 0.29) is 24.2 Å². The number of carbonyl (C=O) groups is 1. The highest BCUT2D eigenvalue weighted by atomic mass is 19.2. The van der Waals surface area contributed by atoms with Crippen molar-refractivity contribution in [3.63, 3.8) is 0 Å². The summed E-state index contributed by atoms with van der Waals surface area (Å²) in [6.45, 7) is 3.85. The van der Waals surface area contributed by atoms with E-state index in [2.05, 4.69) is 0 Å². The zero-order chi connectivity index (χ0) is 20.4. The van der Waals surface area contributed by atoms with Crippen LogP contribution in [0, 0.1) is 37.1 Å². The van der Waals surface area contributed by atoms with E-state index in [0.717, 1.165) is 11.1 Å². The van der Waals surface area contributed by atoms with Gasteiger partial charge in [0.25, 0.3) is 5.91 Å². The van der Waals surface area contributed by atoms with Crippen LogP contribution >= 0.6 is 0 Å². The number of amides is 1. The summed E-state index contributed by atoms with van der Waals surface area (Å²) in [4.78, 5) is 12.1. The van der Waals surface area contributed by atoms with Gasteiger partial charge in [0.05, 0.1) is 0 Å². The van der Waals surface area contributed by atoms with E-state index in [1.54, 1.807) is 5.32 Å². The molecule has 8 heteroatoms. The fourth-order valence-corrected chi connectivity index (χ4v) is 2.61. The zero-order valence-corrected chi connectivity index (χ0v) is 14.9. The number of anilines is 1. The molecule has 0 aliphatic carbocycles. The number of benzene rings is 2. The maximum atomic E-state index is 13.7. The summed E-state index contributed by atoms with van der Waals surface area (Å²) >= 11 is 0. The van der Waals surface area contributed by atoms with Crippen LogP contribution in [0.4, 0.5) is 23.2 Å². The third-order valence-corrected chi connectivity index (χ3v) is 3.81. The molecule has 1 aromatic heterocycles. The molecule has 1 amide bonds. The Morgan fingerprint density at radius 3 is 2.18 bits per heavy atom. The van der Waals surface area contributed by atoms with Crippen LogP contribution < -0.4 is 10.1 Å². The molecule has 0 fully saturated rings. The monoisotopic (exact) mass is 393 g/mol. The zero-order valence-electron chi connectivity index (χ0n) is 14.9. The van der Waals surface area contributed by atoms with Gasteiger partial charge < -0.3 is 14.5 Å². The first kappa shape index (κ1) is 19.5. The highest BCUT2D eigenvalue weighted by Crippen LogP contribution is 2.25. The van der Waals surface area contributed by atoms with Crippen molar-refractivity contribution in [3.8, 4) is 5.75 Å². The van der Waals surface area contributed by atoms with E-state index in [9.17, 15) is 22.4 Å². The number of hydrogen-bond donors (Lipinski definition) is 1. The normalized spacial score (nSPS) is 10.8. The van der Waals surface area contributed by atoms with Crippen molar-refractivity contribution in [2.24, 2.45) is 0 Å². The molecule has 2 aromatic carbocycles. The minimum Gasteiger partial charge on any atom is -0.486 e. The van der Waals surface area contributed by atoms with Crippen molar-refractivity contribution in [2.75, 3.05) is 5.32 Å². The molecule has 146 valence electrons. The number of aryl methyl sites for hydroxylation is 2. The molecule has 3 aromatic rings. The van der Waals surface area contributed by atoms with Crippen LogP contribution in [0.25, 0.3) is 0 Å². The number of rotatable bonds is 5. The van der Waals surface area contributed by atoms with Crippen LogP contribution in [0.2, 0.25) is 0 Å². The summed E-state index contributed by atoms with van der Waals surface area (Å²) in [6.07, 6.45) is 0.